The highest BCUT2D eigenvalue weighted by molar-refractivity contribution is 9.10. The van der Waals surface area contributed by atoms with Gasteiger partial charge in [-0.3, -0.25) is 9.59 Å². The van der Waals surface area contributed by atoms with E-state index in [0.29, 0.717) is 12.0 Å². The van der Waals surface area contributed by atoms with Gasteiger partial charge in [0.2, 0.25) is 0 Å². The summed E-state index contributed by atoms with van der Waals surface area (Å²) in [6, 6.07) is 5.18. The quantitative estimate of drug-likeness (QED) is 0.817. The summed E-state index contributed by atoms with van der Waals surface area (Å²) in [6.07, 6.45) is 4.28. The maximum Gasteiger partial charge on any atom is 0.308 e. The SMILES string of the molecule is Cc1c(Br)cccc1C(=O)N[C@H]1CCCCC[C@H]1C(=O)O. The van der Waals surface area contributed by atoms with Gasteiger partial charge in [0.25, 0.3) is 5.91 Å². The van der Waals surface area contributed by atoms with Gasteiger partial charge in [-0.2, -0.15) is 0 Å². The fraction of sp³-hybridized carbons (Fsp3) is 0.500. The van der Waals surface area contributed by atoms with Gasteiger partial charge in [-0.05, 0) is 37.5 Å². The summed E-state index contributed by atoms with van der Waals surface area (Å²) in [6.45, 7) is 1.88. The van der Waals surface area contributed by atoms with E-state index in [1.807, 2.05) is 19.1 Å². The highest BCUT2D eigenvalue weighted by Crippen LogP contribution is 2.25. The van der Waals surface area contributed by atoms with E-state index in [9.17, 15) is 14.7 Å². The molecule has 0 radical (unpaired) electrons. The Kier molecular flexibility index (Phi) is 5.39. The van der Waals surface area contributed by atoms with Crippen molar-refractivity contribution in [3.8, 4) is 0 Å². The summed E-state index contributed by atoms with van der Waals surface area (Å²) in [5, 5.41) is 12.3. The number of rotatable bonds is 3. The molecule has 4 nitrogen and oxygen atoms in total. The predicted molar refractivity (Wildman–Crippen MR) is 84.3 cm³/mol. The van der Waals surface area contributed by atoms with E-state index in [0.717, 1.165) is 35.7 Å². The van der Waals surface area contributed by atoms with E-state index in [2.05, 4.69) is 21.2 Å². The standard InChI is InChI=1S/C16H20BrNO3/c1-10-11(7-5-8-13(10)17)15(19)18-14-9-4-2-3-6-12(14)16(20)21/h5,7-8,12,14H,2-4,6,9H2,1H3,(H,18,19)(H,20,21)/t12-,14+/m1/s1. The number of amides is 1. The molecule has 1 aromatic rings. The van der Waals surface area contributed by atoms with Gasteiger partial charge in [-0.25, -0.2) is 0 Å². The van der Waals surface area contributed by atoms with E-state index in [-0.39, 0.29) is 11.9 Å². The second-order valence-electron chi connectivity index (χ2n) is 5.58. The zero-order valence-corrected chi connectivity index (χ0v) is 13.6. The Morgan fingerprint density at radius 2 is 1.95 bits per heavy atom. The van der Waals surface area contributed by atoms with Crippen molar-refractivity contribution in [2.24, 2.45) is 5.92 Å². The van der Waals surface area contributed by atoms with Crippen LogP contribution in [0.1, 0.15) is 48.0 Å². The Morgan fingerprint density at radius 3 is 2.67 bits per heavy atom. The third kappa shape index (κ3) is 3.84. The van der Waals surface area contributed by atoms with Gasteiger partial charge in [-0.15, -0.1) is 0 Å². The number of benzene rings is 1. The number of hydrogen-bond acceptors (Lipinski definition) is 2. The van der Waals surface area contributed by atoms with Crippen LogP contribution in [-0.2, 0) is 4.79 Å². The van der Waals surface area contributed by atoms with Crippen molar-refractivity contribution in [3.05, 3.63) is 33.8 Å². The molecule has 2 N–H and O–H groups in total. The van der Waals surface area contributed by atoms with Gasteiger partial charge >= 0.3 is 5.97 Å². The number of carbonyl (C=O) groups is 2. The van der Waals surface area contributed by atoms with E-state index in [1.165, 1.54) is 0 Å². The number of hydrogen-bond donors (Lipinski definition) is 2. The third-order valence-electron chi connectivity index (χ3n) is 4.16. The van der Waals surface area contributed by atoms with Crippen LogP contribution >= 0.6 is 15.9 Å². The maximum absolute atomic E-state index is 12.4. The first-order valence-corrected chi connectivity index (χ1v) is 8.09. The monoisotopic (exact) mass is 353 g/mol. The molecule has 0 heterocycles. The molecule has 1 fully saturated rings. The van der Waals surface area contributed by atoms with Crippen molar-refractivity contribution in [2.45, 2.75) is 45.1 Å². The maximum atomic E-state index is 12.4. The van der Waals surface area contributed by atoms with Crippen LogP contribution in [0.25, 0.3) is 0 Å². The normalized spacial score (nSPS) is 22.4. The Labute approximate surface area is 133 Å². The molecule has 2 atom stereocenters. The smallest absolute Gasteiger partial charge is 0.308 e. The molecule has 1 aliphatic carbocycles. The summed E-state index contributed by atoms with van der Waals surface area (Å²) in [5.41, 5.74) is 1.47. The van der Waals surface area contributed by atoms with Gasteiger partial charge in [0.1, 0.15) is 0 Å². The van der Waals surface area contributed by atoms with Gasteiger partial charge in [-0.1, -0.05) is 41.3 Å². The average Bonchev–Trinajstić information content (AvgIpc) is 2.67. The minimum absolute atomic E-state index is 0.188. The Hall–Kier alpha value is -1.36. The molecular weight excluding hydrogens is 334 g/mol. The van der Waals surface area contributed by atoms with Crippen molar-refractivity contribution >= 4 is 27.8 Å². The molecule has 5 heteroatoms. The number of carboxylic acid groups (broad SMARTS) is 1. The second kappa shape index (κ2) is 7.07. The number of carbonyl (C=O) groups excluding carboxylic acids is 1. The first-order chi connectivity index (χ1) is 10.0. The molecule has 1 aromatic carbocycles. The molecule has 0 aliphatic heterocycles. The molecule has 0 saturated heterocycles. The van der Waals surface area contributed by atoms with E-state index in [4.69, 9.17) is 0 Å². The molecule has 1 amide bonds. The van der Waals surface area contributed by atoms with Crippen LogP contribution in [0, 0.1) is 12.8 Å². The van der Waals surface area contributed by atoms with Crippen LogP contribution in [0.3, 0.4) is 0 Å². The minimum atomic E-state index is -0.812. The number of aliphatic carboxylic acids is 1. The van der Waals surface area contributed by atoms with E-state index in [1.54, 1.807) is 6.07 Å². The van der Waals surface area contributed by atoms with Gasteiger partial charge < -0.3 is 10.4 Å². The fourth-order valence-corrected chi connectivity index (χ4v) is 3.24. The summed E-state index contributed by atoms with van der Waals surface area (Å²) >= 11 is 3.41. The highest BCUT2D eigenvalue weighted by atomic mass is 79.9. The zero-order valence-electron chi connectivity index (χ0n) is 12.1. The van der Waals surface area contributed by atoms with Gasteiger partial charge in [0.05, 0.1) is 5.92 Å². The number of nitrogens with one attached hydrogen (secondary N) is 1. The van der Waals surface area contributed by atoms with E-state index < -0.39 is 11.9 Å². The Balaban J connectivity index is 2.16. The van der Waals surface area contributed by atoms with Crippen LogP contribution in [-0.4, -0.2) is 23.0 Å². The molecule has 1 saturated carbocycles. The summed E-state index contributed by atoms with van der Waals surface area (Å²) in [7, 11) is 0. The van der Waals surface area contributed by atoms with Gasteiger partial charge in [0, 0.05) is 16.1 Å². The first-order valence-electron chi connectivity index (χ1n) is 7.29. The van der Waals surface area contributed by atoms with Gasteiger partial charge in [0.15, 0.2) is 0 Å². The summed E-state index contributed by atoms with van der Waals surface area (Å²) in [4.78, 5) is 23.8. The molecule has 114 valence electrons. The Bertz CT molecular complexity index is 544. The van der Waals surface area contributed by atoms with Crippen LogP contribution < -0.4 is 5.32 Å². The highest BCUT2D eigenvalue weighted by Gasteiger charge is 2.31. The minimum Gasteiger partial charge on any atom is -0.481 e. The molecule has 0 spiro atoms. The van der Waals surface area contributed by atoms with Crippen LogP contribution in [0.5, 0.6) is 0 Å². The van der Waals surface area contributed by atoms with Crippen molar-refractivity contribution in [3.63, 3.8) is 0 Å². The molecular formula is C16H20BrNO3. The van der Waals surface area contributed by atoms with Crippen LogP contribution in [0.15, 0.2) is 22.7 Å². The number of carboxylic acids is 1. The summed E-state index contributed by atoms with van der Waals surface area (Å²) in [5.74, 6) is -1.48. The zero-order chi connectivity index (χ0) is 15.4. The lowest BCUT2D eigenvalue weighted by atomic mass is 9.94. The number of halogens is 1. The summed E-state index contributed by atoms with van der Waals surface area (Å²) < 4.78 is 0.880. The Morgan fingerprint density at radius 1 is 1.24 bits per heavy atom. The van der Waals surface area contributed by atoms with Crippen molar-refractivity contribution in [1.29, 1.82) is 0 Å². The topological polar surface area (TPSA) is 66.4 Å². The molecule has 2 rings (SSSR count). The van der Waals surface area contributed by atoms with Crippen molar-refractivity contribution in [2.75, 3.05) is 0 Å². The third-order valence-corrected chi connectivity index (χ3v) is 5.02. The lowest BCUT2D eigenvalue weighted by Gasteiger charge is -2.23. The van der Waals surface area contributed by atoms with Crippen LogP contribution in [0.4, 0.5) is 0 Å². The molecule has 0 bridgehead atoms. The lowest BCUT2D eigenvalue weighted by molar-refractivity contribution is -0.142. The molecule has 21 heavy (non-hydrogen) atoms. The molecule has 0 aromatic heterocycles. The lowest BCUT2D eigenvalue weighted by Crippen LogP contribution is -2.43. The van der Waals surface area contributed by atoms with E-state index >= 15 is 0 Å². The second-order valence-corrected chi connectivity index (χ2v) is 6.43. The van der Waals surface area contributed by atoms with Crippen molar-refractivity contribution < 1.29 is 14.7 Å². The molecule has 0 unspecified atom stereocenters. The largest absolute Gasteiger partial charge is 0.481 e. The average molecular weight is 354 g/mol. The van der Waals surface area contributed by atoms with Crippen molar-refractivity contribution in [1.82, 2.24) is 5.32 Å². The molecule has 1 aliphatic rings. The fourth-order valence-electron chi connectivity index (χ4n) is 2.88. The first kappa shape index (κ1) is 16.0. The predicted octanol–water partition coefficient (Wildman–Crippen LogP) is 3.52. The van der Waals surface area contributed by atoms with Crippen LogP contribution in [0.2, 0.25) is 0 Å².